The Bertz CT molecular complexity index is 577. The molecule has 0 bridgehead atoms. The molecule has 1 rings (SSSR count). The van der Waals surface area contributed by atoms with Gasteiger partial charge in [-0.05, 0) is 29.9 Å². The molecule has 2 atom stereocenters. The van der Waals surface area contributed by atoms with Crippen molar-refractivity contribution in [3.63, 3.8) is 0 Å². The smallest absolute Gasteiger partial charge is 0.311 e. The highest BCUT2D eigenvalue weighted by Gasteiger charge is 2.34. The summed E-state index contributed by atoms with van der Waals surface area (Å²) in [6.07, 6.45) is 0.787. The van der Waals surface area contributed by atoms with Gasteiger partial charge in [-0.1, -0.05) is 46.8 Å². The fourth-order valence-electron chi connectivity index (χ4n) is 3.02. The number of ether oxygens (including phenoxy) is 1. The van der Waals surface area contributed by atoms with E-state index in [9.17, 15) is 19.8 Å². The molecule has 0 aliphatic carbocycles. The van der Waals surface area contributed by atoms with Crippen molar-refractivity contribution in [3.8, 4) is 5.75 Å². The Kier molecular flexibility index (Phi) is 7.26. The summed E-state index contributed by atoms with van der Waals surface area (Å²) >= 11 is 0. The van der Waals surface area contributed by atoms with Crippen LogP contribution in [0.2, 0.25) is 0 Å². The van der Waals surface area contributed by atoms with E-state index in [4.69, 9.17) is 4.74 Å². The monoisotopic (exact) mass is 336 g/mol. The van der Waals surface area contributed by atoms with Gasteiger partial charge in [0.1, 0.15) is 5.75 Å². The van der Waals surface area contributed by atoms with Gasteiger partial charge in [-0.15, -0.1) is 0 Å². The Morgan fingerprint density at radius 2 is 1.54 bits per heavy atom. The molecule has 0 aliphatic heterocycles. The van der Waals surface area contributed by atoms with E-state index < -0.39 is 23.8 Å². The van der Waals surface area contributed by atoms with Crippen LogP contribution in [0.4, 0.5) is 0 Å². The van der Waals surface area contributed by atoms with E-state index in [1.54, 1.807) is 18.2 Å². The first kappa shape index (κ1) is 20.0. The lowest BCUT2D eigenvalue weighted by Gasteiger charge is -2.27. The second-order valence-electron chi connectivity index (χ2n) is 6.73. The quantitative estimate of drug-likeness (QED) is 0.708. The molecule has 0 aromatic heterocycles. The van der Waals surface area contributed by atoms with E-state index in [0.29, 0.717) is 23.5 Å². The molecule has 0 heterocycles. The van der Waals surface area contributed by atoms with Gasteiger partial charge >= 0.3 is 11.9 Å². The lowest BCUT2D eigenvalue weighted by molar-refractivity contribution is -0.141. The zero-order valence-electron chi connectivity index (χ0n) is 15.1. The van der Waals surface area contributed by atoms with Crippen molar-refractivity contribution in [2.24, 2.45) is 11.8 Å². The number of aliphatic carboxylic acids is 2. The standard InChI is InChI=1S/C19H28O5/c1-6-10-24-14-9-7-8-13(15(11(2)3)18(20)21)17(14)16(12(4)5)19(22)23/h7-9,11-12,15-16H,6,10H2,1-5H3,(H,20,21)(H,22,23). The average Bonchev–Trinajstić information content (AvgIpc) is 2.45. The summed E-state index contributed by atoms with van der Waals surface area (Å²) in [5.74, 6) is -3.38. The molecule has 0 saturated heterocycles. The SMILES string of the molecule is CCCOc1cccc(C(C(=O)O)C(C)C)c1C(C(=O)O)C(C)C. The van der Waals surface area contributed by atoms with Gasteiger partial charge in [-0.3, -0.25) is 9.59 Å². The second-order valence-corrected chi connectivity index (χ2v) is 6.73. The van der Waals surface area contributed by atoms with E-state index in [0.717, 1.165) is 6.42 Å². The van der Waals surface area contributed by atoms with Crippen LogP contribution in [0.3, 0.4) is 0 Å². The van der Waals surface area contributed by atoms with Crippen LogP contribution in [0.15, 0.2) is 18.2 Å². The fourth-order valence-corrected chi connectivity index (χ4v) is 3.02. The van der Waals surface area contributed by atoms with Crippen LogP contribution in [0.1, 0.15) is 64.0 Å². The van der Waals surface area contributed by atoms with Gasteiger partial charge in [-0.25, -0.2) is 0 Å². The molecule has 0 aliphatic rings. The predicted molar refractivity (Wildman–Crippen MR) is 92.7 cm³/mol. The molecule has 1 aromatic carbocycles. The maximum atomic E-state index is 11.9. The third-order valence-corrected chi connectivity index (χ3v) is 4.07. The van der Waals surface area contributed by atoms with Gasteiger partial charge < -0.3 is 14.9 Å². The van der Waals surface area contributed by atoms with Crippen molar-refractivity contribution >= 4 is 11.9 Å². The van der Waals surface area contributed by atoms with Crippen LogP contribution < -0.4 is 4.74 Å². The minimum atomic E-state index is -0.966. The Balaban J connectivity index is 3.63. The first-order valence-corrected chi connectivity index (χ1v) is 8.43. The van der Waals surface area contributed by atoms with Crippen molar-refractivity contribution < 1.29 is 24.5 Å². The Morgan fingerprint density at radius 3 is 1.96 bits per heavy atom. The number of benzene rings is 1. The van der Waals surface area contributed by atoms with Crippen molar-refractivity contribution in [3.05, 3.63) is 29.3 Å². The Morgan fingerprint density at radius 1 is 1.00 bits per heavy atom. The molecule has 0 spiro atoms. The van der Waals surface area contributed by atoms with Gasteiger partial charge in [-0.2, -0.15) is 0 Å². The molecular formula is C19H28O5. The van der Waals surface area contributed by atoms with Crippen LogP contribution in [0.5, 0.6) is 5.75 Å². The van der Waals surface area contributed by atoms with Crippen LogP contribution in [0, 0.1) is 11.8 Å². The summed E-state index contributed by atoms with van der Waals surface area (Å²) in [4.78, 5) is 23.7. The summed E-state index contributed by atoms with van der Waals surface area (Å²) in [5, 5.41) is 19.4. The van der Waals surface area contributed by atoms with Gasteiger partial charge in [0, 0.05) is 5.56 Å². The summed E-state index contributed by atoms with van der Waals surface area (Å²) in [7, 11) is 0. The lowest BCUT2D eigenvalue weighted by atomic mass is 9.78. The average molecular weight is 336 g/mol. The van der Waals surface area contributed by atoms with Crippen LogP contribution in [0.25, 0.3) is 0 Å². The summed E-state index contributed by atoms with van der Waals surface area (Å²) in [6, 6.07) is 5.18. The number of carbonyl (C=O) groups is 2. The second kappa shape index (κ2) is 8.71. The summed E-state index contributed by atoms with van der Waals surface area (Å²) < 4.78 is 5.76. The van der Waals surface area contributed by atoms with Crippen LogP contribution >= 0.6 is 0 Å². The molecule has 2 unspecified atom stereocenters. The minimum absolute atomic E-state index is 0.163. The van der Waals surface area contributed by atoms with Crippen molar-refractivity contribution in [1.82, 2.24) is 0 Å². The molecule has 5 nitrogen and oxygen atoms in total. The summed E-state index contributed by atoms with van der Waals surface area (Å²) in [6.45, 7) is 9.73. The van der Waals surface area contributed by atoms with Crippen molar-refractivity contribution in [2.75, 3.05) is 6.61 Å². The zero-order valence-corrected chi connectivity index (χ0v) is 15.1. The van der Waals surface area contributed by atoms with E-state index in [1.807, 2.05) is 34.6 Å². The molecule has 0 fully saturated rings. The molecule has 5 heteroatoms. The van der Waals surface area contributed by atoms with E-state index in [-0.39, 0.29) is 11.8 Å². The highest BCUT2D eigenvalue weighted by Crippen LogP contribution is 2.40. The first-order chi connectivity index (χ1) is 11.2. The number of carboxylic acids is 2. The highest BCUT2D eigenvalue weighted by atomic mass is 16.5. The molecule has 134 valence electrons. The van der Waals surface area contributed by atoms with Crippen molar-refractivity contribution in [2.45, 2.75) is 52.9 Å². The highest BCUT2D eigenvalue weighted by molar-refractivity contribution is 5.82. The van der Waals surface area contributed by atoms with E-state index in [2.05, 4.69) is 0 Å². The number of rotatable bonds is 9. The molecule has 0 amide bonds. The molecule has 24 heavy (non-hydrogen) atoms. The minimum Gasteiger partial charge on any atom is -0.493 e. The third-order valence-electron chi connectivity index (χ3n) is 4.07. The number of carboxylic acid groups (broad SMARTS) is 2. The first-order valence-electron chi connectivity index (χ1n) is 8.43. The number of hydrogen-bond donors (Lipinski definition) is 2. The van der Waals surface area contributed by atoms with Crippen LogP contribution in [-0.4, -0.2) is 28.8 Å². The topological polar surface area (TPSA) is 83.8 Å². The molecule has 1 aromatic rings. The molecular weight excluding hydrogens is 308 g/mol. The van der Waals surface area contributed by atoms with Gasteiger partial charge in [0.05, 0.1) is 18.4 Å². The Hall–Kier alpha value is -2.04. The number of hydrogen-bond acceptors (Lipinski definition) is 3. The molecule has 0 saturated carbocycles. The predicted octanol–water partition coefficient (Wildman–Crippen LogP) is 4.12. The molecule has 0 radical (unpaired) electrons. The zero-order chi connectivity index (χ0) is 18.4. The molecule has 2 N–H and O–H groups in total. The summed E-state index contributed by atoms with van der Waals surface area (Å²) in [5.41, 5.74) is 1.03. The third kappa shape index (κ3) is 4.49. The normalized spacial score (nSPS) is 13.8. The van der Waals surface area contributed by atoms with Gasteiger partial charge in [0.2, 0.25) is 0 Å². The maximum absolute atomic E-state index is 11.9. The lowest BCUT2D eigenvalue weighted by Crippen LogP contribution is -2.25. The van der Waals surface area contributed by atoms with Crippen molar-refractivity contribution in [1.29, 1.82) is 0 Å². The largest absolute Gasteiger partial charge is 0.493 e. The maximum Gasteiger partial charge on any atom is 0.311 e. The van der Waals surface area contributed by atoms with Gasteiger partial charge in [0.15, 0.2) is 0 Å². The van der Waals surface area contributed by atoms with Crippen LogP contribution in [-0.2, 0) is 9.59 Å². The van der Waals surface area contributed by atoms with Gasteiger partial charge in [0.25, 0.3) is 0 Å². The Labute approximate surface area is 143 Å². The van der Waals surface area contributed by atoms with E-state index >= 15 is 0 Å². The fraction of sp³-hybridized carbons (Fsp3) is 0.579. The van der Waals surface area contributed by atoms with E-state index in [1.165, 1.54) is 0 Å².